The summed E-state index contributed by atoms with van der Waals surface area (Å²) in [7, 11) is 0. The van der Waals surface area contributed by atoms with Gasteiger partial charge in [0.2, 0.25) is 5.91 Å². The molecule has 1 saturated heterocycles. The van der Waals surface area contributed by atoms with E-state index in [9.17, 15) is 9.18 Å². The number of carbonyl (C=O) groups is 1. The van der Waals surface area contributed by atoms with Crippen molar-refractivity contribution >= 4 is 22.4 Å². The van der Waals surface area contributed by atoms with Crippen molar-refractivity contribution in [3.05, 3.63) is 35.5 Å². The number of rotatable bonds is 3. The van der Waals surface area contributed by atoms with Crippen molar-refractivity contribution < 1.29 is 9.18 Å². The summed E-state index contributed by atoms with van der Waals surface area (Å²) in [6, 6.07) is 6.50. The number of hydrogen-bond acceptors (Lipinski definition) is 4. The van der Waals surface area contributed by atoms with Crippen LogP contribution >= 0.6 is 11.3 Å². The number of amides is 1. The second-order valence-corrected chi connectivity index (χ2v) is 5.89. The molecule has 1 aliphatic heterocycles. The van der Waals surface area contributed by atoms with E-state index in [0.29, 0.717) is 16.4 Å². The lowest BCUT2D eigenvalue weighted by Gasteiger charge is -2.20. The normalized spacial score (nSPS) is 15.9. The minimum atomic E-state index is -0.306. The summed E-state index contributed by atoms with van der Waals surface area (Å²) in [5.41, 5.74) is 1.01. The van der Waals surface area contributed by atoms with Gasteiger partial charge in [-0.25, -0.2) is 9.37 Å². The lowest BCUT2D eigenvalue weighted by atomic mass is 9.97. The van der Waals surface area contributed by atoms with E-state index >= 15 is 0 Å². The number of carbonyl (C=O) groups excluding carboxylic acids is 1. The van der Waals surface area contributed by atoms with Gasteiger partial charge in [-0.2, -0.15) is 0 Å². The molecule has 110 valence electrons. The first kappa shape index (κ1) is 14.2. The van der Waals surface area contributed by atoms with E-state index in [4.69, 9.17) is 0 Å². The number of nitrogens with zero attached hydrogens (tertiary/aromatic N) is 1. The largest absolute Gasteiger partial charge is 0.317 e. The number of anilines is 1. The maximum absolute atomic E-state index is 13.7. The maximum Gasteiger partial charge on any atom is 0.229 e. The highest BCUT2D eigenvalue weighted by Gasteiger charge is 2.21. The molecule has 0 radical (unpaired) electrons. The zero-order chi connectivity index (χ0) is 14.7. The Morgan fingerprint density at radius 3 is 2.86 bits per heavy atom. The summed E-state index contributed by atoms with van der Waals surface area (Å²) >= 11 is 1.32. The van der Waals surface area contributed by atoms with Gasteiger partial charge >= 0.3 is 0 Å². The van der Waals surface area contributed by atoms with E-state index in [0.717, 1.165) is 25.9 Å². The zero-order valence-corrected chi connectivity index (χ0v) is 12.3. The van der Waals surface area contributed by atoms with Gasteiger partial charge in [0.05, 0.1) is 5.69 Å². The molecular formula is C15H16FN3OS. The summed E-state index contributed by atoms with van der Waals surface area (Å²) in [5.74, 6) is -0.267. The van der Waals surface area contributed by atoms with E-state index in [2.05, 4.69) is 15.6 Å². The molecule has 2 aromatic rings. The van der Waals surface area contributed by atoms with Crippen LogP contribution in [0.5, 0.6) is 0 Å². The van der Waals surface area contributed by atoms with Gasteiger partial charge in [-0.1, -0.05) is 12.1 Å². The number of nitrogens with one attached hydrogen (secondary N) is 2. The van der Waals surface area contributed by atoms with Gasteiger partial charge in [0.25, 0.3) is 0 Å². The third-order valence-corrected chi connectivity index (χ3v) is 4.35. The number of halogens is 1. The SMILES string of the molecule is O=C(Nc1nc(-c2ccccc2F)cs1)C1CCNCC1. The Morgan fingerprint density at radius 1 is 1.33 bits per heavy atom. The van der Waals surface area contributed by atoms with Crippen LogP contribution in [0.4, 0.5) is 9.52 Å². The van der Waals surface area contributed by atoms with Crippen molar-refractivity contribution in [3.63, 3.8) is 0 Å². The average molecular weight is 305 g/mol. The molecule has 0 bridgehead atoms. The van der Waals surface area contributed by atoms with Crippen LogP contribution in [0, 0.1) is 11.7 Å². The first-order valence-electron chi connectivity index (χ1n) is 6.96. The van der Waals surface area contributed by atoms with Gasteiger partial charge in [0.15, 0.2) is 5.13 Å². The highest BCUT2D eigenvalue weighted by molar-refractivity contribution is 7.14. The fourth-order valence-corrected chi connectivity index (χ4v) is 3.13. The first-order chi connectivity index (χ1) is 10.2. The van der Waals surface area contributed by atoms with E-state index < -0.39 is 0 Å². The summed E-state index contributed by atoms with van der Waals surface area (Å²) < 4.78 is 13.7. The van der Waals surface area contributed by atoms with Gasteiger partial charge in [-0.3, -0.25) is 4.79 Å². The highest BCUT2D eigenvalue weighted by Crippen LogP contribution is 2.27. The van der Waals surface area contributed by atoms with Crippen LogP contribution in [0.3, 0.4) is 0 Å². The van der Waals surface area contributed by atoms with E-state index in [1.807, 2.05) is 0 Å². The van der Waals surface area contributed by atoms with Gasteiger partial charge in [-0.15, -0.1) is 11.3 Å². The lowest BCUT2D eigenvalue weighted by molar-refractivity contribution is -0.120. The Bertz CT molecular complexity index is 637. The van der Waals surface area contributed by atoms with Crippen LogP contribution in [-0.4, -0.2) is 24.0 Å². The average Bonchev–Trinajstić information content (AvgIpc) is 2.97. The summed E-state index contributed by atoms with van der Waals surface area (Å²) in [6.07, 6.45) is 1.69. The third-order valence-electron chi connectivity index (χ3n) is 3.59. The molecule has 0 saturated carbocycles. The van der Waals surface area contributed by atoms with Crippen molar-refractivity contribution in [3.8, 4) is 11.3 Å². The van der Waals surface area contributed by atoms with Crippen LogP contribution in [0.15, 0.2) is 29.6 Å². The van der Waals surface area contributed by atoms with E-state index in [1.165, 1.54) is 17.4 Å². The van der Waals surface area contributed by atoms with Gasteiger partial charge < -0.3 is 10.6 Å². The number of benzene rings is 1. The predicted octanol–water partition coefficient (Wildman–Crippen LogP) is 2.89. The molecule has 3 rings (SSSR count). The molecule has 0 aliphatic carbocycles. The first-order valence-corrected chi connectivity index (χ1v) is 7.84. The molecule has 6 heteroatoms. The Kier molecular flexibility index (Phi) is 4.26. The molecular weight excluding hydrogens is 289 g/mol. The van der Waals surface area contributed by atoms with Crippen LogP contribution < -0.4 is 10.6 Å². The molecule has 4 nitrogen and oxygen atoms in total. The number of thiazole rings is 1. The monoisotopic (exact) mass is 305 g/mol. The van der Waals surface area contributed by atoms with Crippen molar-refractivity contribution in [2.45, 2.75) is 12.8 Å². The summed E-state index contributed by atoms with van der Waals surface area (Å²) in [6.45, 7) is 1.74. The lowest BCUT2D eigenvalue weighted by Crippen LogP contribution is -2.34. The van der Waals surface area contributed by atoms with Gasteiger partial charge in [0, 0.05) is 16.9 Å². The van der Waals surface area contributed by atoms with Gasteiger partial charge in [0.1, 0.15) is 5.82 Å². The molecule has 1 aliphatic rings. The molecule has 2 N–H and O–H groups in total. The summed E-state index contributed by atoms with van der Waals surface area (Å²) in [4.78, 5) is 16.4. The fraction of sp³-hybridized carbons (Fsp3) is 0.333. The zero-order valence-electron chi connectivity index (χ0n) is 11.4. The van der Waals surface area contributed by atoms with Crippen molar-refractivity contribution in [2.24, 2.45) is 5.92 Å². The summed E-state index contributed by atoms with van der Waals surface area (Å²) in [5, 5.41) is 8.36. The Balaban J connectivity index is 1.70. The number of piperidine rings is 1. The molecule has 1 aromatic carbocycles. The Hall–Kier alpha value is -1.79. The van der Waals surface area contributed by atoms with E-state index in [-0.39, 0.29) is 17.6 Å². The van der Waals surface area contributed by atoms with Crippen LogP contribution in [0.25, 0.3) is 11.3 Å². The smallest absolute Gasteiger partial charge is 0.229 e. The quantitative estimate of drug-likeness (QED) is 0.917. The van der Waals surface area contributed by atoms with E-state index in [1.54, 1.807) is 23.6 Å². The van der Waals surface area contributed by atoms with Crippen molar-refractivity contribution in [1.29, 1.82) is 0 Å². The Morgan fingerprint density at radius 2 is 2.10 bits per heavy atom. The molecule has 21 heavy (non-hydrogen) atoms. The number of aromatic nitrogens is 1. The molecule has 0 spiro atoms. The maximum atomic E-state index is 13.7. The molecule has 1 fully saturated rings. The molecule has 2 heterocycles. The van der Waals surface area contributed by atoms with Crippen LogP contribution in [0.2, 0.25) is 0 Å². The minimum absolute atomic E-state index is 0.00549. The topological polar surface area (TPSA) is 54.0 Å². The van der Waals surface area contributed by atoms with Gasteiger partial charge in [-0.05, 0) is 38.1 Å². The predicted molar refractivity (Wildman–Crippen MR) is 81.7 cm³/mol. The second kappa shape index (κ2) is 6.32. The number of hydrogen-bond donors (Lipinski definition) is 2. The van der Waals surface area contributed by atoms with Crippen LogP contribution in [-0.2, 0) is 4.79 Å². The third kappa shape index (κ3) is 3.28. The minimum Gasteiger partial charge on any atom is -0.317 e. The molecule has 1 amide bonds. The van der Waals surface area contributed by atoms with Crippen LogP contribution in [0.1, 0.15) is 12.8 Å². The molecule has 0 atom stereocenters. The molecule has 0 unspecified atom stereocenters. The standard InChI is InChI=1S/C15H16FN3OS/c16-12-4-2-1-3-11(12)13-9-21-15(18-13)19-14(20)10-5-7-17-8-6-10/h1-4,9-10,17H,5-8H2,(H,18,19,20). The molecule has 1 aromatic heterocycles. The second-order valence-electron chi connectivity index (χ2n) is 5.03. The Labute approximate surface area is 126 Å². The fourth-order valence-electron chi connectivity index (χ4n) is 2.42. The highest BCUT2D eigenvalue weighted by atomic mass is 32.1. The van der Waals surface area contributed by atoms with Crippen molar-refractivity contribution in [2.75, 3.05) is 18.4 Å². The van der Waals surface area contributed by atoms with Crippen molar-refractivity contribution in [1.82, 2.24) is 10.3 Å².